The molecule has 0 N–H and O–H groups in total. The summed E-state index contributed by atoms with van der Waals surface area (Å²) in [4.78, 5) is 14.5. The summed E-state index contributed by atoms with van der Waals surface area (Å²) in [5.74, 6) is -0.0502. The van der Waals surface area contributed by atoms with Gasteiger partial charge in [0.05, 0.1) is 0 Å². The van der Waals surface area contributed by atoms with Crippen molar-refractivity contribution in [2.75, 3.05) is 13.6 Å². The second-order valence-corrected chi connectivity index (χ2v) is 7.42. The van der Waals surface area contributed by atoms with Crippen LogP contribution in [0.15, 0.2) is 22.3 Å². The molecule has 124 valence electrons. The van der Waals surface area contributed by atoms with Crippen molar-refractivity contribution in [3.8, 4) is 0 Å². The van der Waals surface area contributed by atoms with Crippen LogP contribution in [0.2, 0.25) is 0 Å². The van der Waals surface area contributed by atoms with E-state index in [1.807, 2.05) is 14.0 Å². The molecule has 2 aliphatic rings. The van der Waals surface area contributed by atoms with Gasteiger partial charge < -0.3 is 4.74 Å². The molecule has 1 aliphatic carbocycles. The highest BCUT2D eigenvalue weighted by molar-refractivity contribution is 5.76. The lowest BCUT2D eigenvalue weighted by Crippen LogP contribution is -2.37. The van der Waals surface area contributed by atoms with Crippen LogP contribution in [0.1, 0.15) is 60.8 Å². The number of likely N-dealkylation sites (tertiary alicyclic amines) is 1. The predicted molar refractivity (Wildman–Crippen MR) is 90.7 cm³/mol. The fraction of sp³-hybridized carbons (Fsp3) is 0.737. The summed E-state index contributed by atoms with van der Waals surface area (Å²) >= 11 is 0. The Morgan fingerprint density at radius 2 is 1.82 bits per heavy atom. The van der Waals surface area contributed by atoms with Crippen molar-refractivity contribution in [1.29, 1.82) is 0 Å². The zero-order chi connectivity index (χ0) is 16.7. The zero-order valence-electron chi connectivity index (χ0n) is 15.2. The average molecular weight is 305 g/mol. The predicted octanol–water partition coefficient (Wildman–Crippen LogP) is 4.10. The fourth-order valence-corrected chi connectivity index (χ4v) is 4.08. The number of ether oxygens (including phenoxy) is 1. The number of nitrogens with zero attached hydrogens (tertiary/aromatic N) is 1. The highest BCUT2D eigenvalue weighted by atomic mass is 16.5. The molecule has 2 atom stereocenters. The standard InChI is InChI=1S/C19H31NO2/c1-12(22-18(21)17-9-8-10-20(17)7)11-19(6)15(4)13(2)14(3)16(19)5/h12,17H,8-11H2,1-7H3/t12-,17-/m1/s1. The smallest absolute Gasteiger partial charge is 0.323 e. The molecule has 22 heavy (non-hydrogen) atoms. The third-order valence-electron chi connectivity index (χ3n) is 6.15. The first-order chi connectivity index (χ1) is 10.2. The Kier molecular flexibility index (Phi) is 4.86. The summed E-state index contributed by atoms with van der Waals surface area (Å²) in [5, 5.41) is 0. The third kappa shape index (κ3) is 2.88. The Morgan fingerprint density at radius 1 is 1.27 bits per heavy atom. The number of carbonyl (C=O) groups excluding carboxylic acids is 1. The Hall–Kier alpha value is -1.09. The molecule has 0 unspecified atom stereocenters. The van der Waals surface area contributed by atoms with Crippen LogP contribution in [0.25, 0.3) is 0 Å². The van der Waals surface area contributed by atoms with Crippen LogP contribution in [-0.2, 0) is 9.53 Å². The molecule has 3 heteroatoms. The van der Waals surface area contributed by atoms with E-state index in [-0.39, 0.29) is 23.5 Å². The lowest BCUT2D eigenvalue weighted by atomic mass is 9.75. The molecule has 1 heterocycles. The first-order valence-electron chi connectivity index (χ1n) is 8.45. The van der Waals surface area contributed by atoms with E-state index in [1.54, 1.807) is 0 Å². The van der Waals surface area contributed by atoms with Gasteiger partial charge in [0, 0.05) is 5.41 Å². The Balaban J connectivity index is 2.03. The van der Waals surface area contributed by atoms with E-state index in [4.69, 9.17) is 4.74 Å². The van der Waals surface area contributed by atoms with Gasteiger partial charge in [0.15, 0.2) is 0 Å². The molecule has 0 bridgehead atoms. The summed E-state index contributed by atoms with van der Waals surface area (Å²) in [6.07, 6.45) is 2.82. The third-order valence-corrected chi connectivity index (χ3v) is 6.15. The van der Waals surface area contributed by atoms with Gasteiger partial charge in [-0.15, -0.1) is 0 Å². The van der Waals surface area contributed by atoms with Gasteiger partial charge in [0.2, 0.25) is 0 Å². The second kappa shape index (κ2) is 6.19. The van der Waals surface area contributed by atoms with E-state index in [1.165, 1.54) is 22.3 Å². The number of carbonyl (C=O) groups is 1. The Bertz CT molecular complexity index is 506. The minimum absolute atomic E-state index is 0.0233. The maximum absolute atomic E-state index is 12.3. The molecule has 1 aliphatic heterocycles. The SMILES string of the molecule is CC1=C(C)C(C)(C[C@@H](C)OC(=O)[C@H]2CCCN2C)C(C)=C1C. The van der Waals surface area contributed by atoms with Crippen LogP contribution in [-0.4, -0.2) is 36.6 Å². The number of allylic oxidation sites excluding steroid dienone is 4. The Morgan fingerprint density at radius 3 is 2.27 bits per heavy atom. The molecule has 0 saturated carbocycles. The second-order valence-electron chi connectivity index (χ2n) is 7.42. The molecular formula is C19H31NO2. The molecule has 0 spiro atoms. The summed E-state index contributed by atoms with van der Waals surface area (Å²) in [5.41, 5.74) is 5.66. The lowest BCUT2D eigenvalue weighted by molar-refractivity contribution is -0.154. The molecule has 2 rings (SSSR count). The highest BCUT2D eigenvalue weighted by Gasteiger charge is 2.38. The van der Waals surface area contributed by atoms with Crippen molar-refractivity contribution in [2.24, 2.45) is 5.41 Å². The lowest BCUT2D eigenvalue weighted by Gasteiger charge is -2.32. The molecule has 0 aromatic heterocycles. The topological polar surface area (TPSA) is 29.5 Å². The zero-order valence-corrected chi connectivity index (χ0v) is 15.2. The highest BCUT2D eigenvalue weighted by Crippen LogP contribution is 2.49. The van der Waals surface area contributed by atoms with Crippen LogP contribution in [0.5, 0.6) is 0 Å². The summed E-state index contributed by atoms with van der Waals surface area (Å²) in [6.45, 7) is 14.1. The van der Waals surface area contributed by atoms with Crippen LogP contribution >= 0.6 is 0 Å². The van der Waals surface area contributed by atoms with Crippen molar-refractivity contribution in [1.82, 2.24) is 4.90 Å². The fourth-order valence-electron chi connectivity index (χ4n) is 4.08. The van der Waals surface area contributed by atoms with Crippen molar-refractivity contribution < 1.29 is 9.53 Å². The van der Waals surface area contributed by atoms with E-state index >= 15 is 0 Å². The van der Waals surface area contributed by atoms with Gasteiger partial charge in [0.25, 0.3) is 0 Å². The van der Waals surface area contributed by atoms with Gasteiger partial charge in [-0.3, -0.25) is 9.69 Å². The summed E-state index contributed by atoms with van der Waals surface area (Å²) in [6, 6.07) is -0.0458. The Labute approximate surface area is 135 Å². The van der Waals surface area contributed by atoms with E-state index in [2.05, 4.69) is 39.5 Å². The van der Waals surface area contributed by atoms with Gasteiger partial charge in [-0.1, -0.05) is 18.1 Å². The number of hydrogen-bond acceptors (Lipinski definition) is 3. The van der Waals surface area contributed by atoms with Crippen LogP contribution in [0.4, 0.5) is 0 Å². The van der Waals surface area contributed by atoms with E-state index in [0.29, 0.717) is 0 Å². The van der Waals surface area contributed by atoms with Gasteiger partial charge >= 0.3 is 5.97 Å². The average Bonchev–Trinajstić information content (AvgIpc) is 2.94. The van der Waals surface area contributed by atoms with Gasteiger partial charge in [-0.25, -0.2) is 0 Å². The van der Waals surface area contributed by atoms with Crippen LogP contribution in [0, 0.1) is 5.41 Å². The van der Waals surface area contributed by atoms with Gasteiger partial charge in [-0.2, -0.15) is 0 Å². The number of rotatable bonds is 4. The molecular weight excluding hydrogens is 274 g/mol. The van der Waals surface area contributed by atoms with Crippen molar-refractivity contribution in [2.45, 2.75) is 73.0 Å². The van der Waals surface area contributed by atoms with Gasteiger partial charge in [-0.05, 0) is 78.6 Å². The molecule has 0 aromatic carbocycles. The number of hydrogen-bond donors (Lipinski definition) is 0. The van der Waals surface area contributed by atoms with E-state index < -0.39 is 0 Å². The molecule has 0 aromatic rings. The van der Waals surface area contributed by atoms with Crippen molar-refractivity contribution in [3.05, 3.63) is 22.3 Å². The molecule has 1 fully saturated rings. The first kappa shape index (κ1) is 17.3. The molecule has 3 nitrogen and oxygen atoms in total. The summed E-state index contributed by atoms with van der Waals surface area (Å²) in [7, 11) is 2.01. The maximum Gasteiger partial charge on any atom is 0.323 e. The van der Waals surface area contributed by atoms with E-state index in [0.717, 1.165) is 25.8 Å². The van der Waals surface area contributed by atoms with Crippen LogP contribution in [0.3, 0.4) is 0 Å². The molecule has 1 saturated heterocycles. The molecule has 0 amide bonds. The number of esters is 1. The van der Waals surface area contributed by atoms with Crippen molar-refractivity contribution >= 4 is 5.97 Å². The minimum Gasteiger partial charge on any atom is -0.461 e. The van der Waals surface area contributed by atoms with Crippen LogP contribution < -0.4 is 0 Å². The first-order valence-corrected chi connectivity index (χ1v) is 8.45. The monoisotopic (exact) mass is 305 g/mol. The largest absolute Gasteiger partial charge is 0.461 e. The number of likely N-dealkylation sites (N-methyl/N-ethyl adjacent to an activating group) is 1. The quantitative estimate of drug-likeness (QED) is 0.733. The maximum atomic E-state index is 12.3. The molecule has 0 radical (unpaired) electrons. The summed E-state index contributed by atoms with van der Waals surface area (Å²) < 4.78 is 5.77. The van der Waals surface area contributed by atoms with E-state index in [9.17, 15) is 4.79 Å². The normalized spacial score (nSPS) is 26.8. The van der Waals surface area contributed by atoms with Crippen molar-refractivity contribution in [3.63, 3.8) is 0 Å². The van der Waals surface area contributed by atoms with Gasteiger partial charge in [0.1, 0.15) is 12.1 Å². The minimum atomic E-state index is -0.0601.